The number of hydrogen-bond acceptors (Lipinski definition) is 4. The van der Waals surface area contributed by atoms with E-state index in [0.29, 0.717) is 0 Å². The van der Waals surface area contributed by atoms with Crippen LogP contribution in [0.2, 0.25) is 5.02 Å². The molecule has 0 aliphatic heterocycles. The third-order valence-electron chi connectivity index (χ3n) is 2.79. The van der Waals surface area contributed by atoms with Crippen LogP contribution in [0.1, 0.15) is 20.8 Å². The molecule has 8 nitrogen and oxygen atoms in total. The van der Waals surface area contributed by atoms with Crippen molar-refractivity contribution in [1.82, 2.24) is 15.5 Å². The zero-order valence-electron chi connectivity index (χ0n) is 11.8. The molecule has 0 fully saturated rings. The highest BCUT2D eigenvalue weighted by Crippen LogP contribution is 2.25. The van der Waals surface area contributed by atoms with E-state index >= 15 is 0 Å². The summed E-state index contributed by atoms with van der Waals surface area (Å²) in [5, 5.41) is 10.7. The summed E-state index contributed by atoms with van der Waals surface area (Å²) in [6, 6.07) is 2.19. The first-order valence-corrected chi connectivity index (χ1v) is 7.52. The highest BCUT2D eigenvalue weighted by Gasteiger charge is 2.19. The first-order valence-electron chi connectivity index (χ1n) is 6.35. The van der Waals surface area contributed by atoms with Gasteiger partial charge in [-0.1, -0.05) is 11.6 Å². The third kappa shape index (κ3) is 4.09. The molecule has 0 saturated carbocycles. The molecule has 126 valence electrons. The Balaban J connectivity index is 2.19. The molecule has 0 saturated heterocycles. The summed E-state index contributed by atoms with van der Waals surface area (Å²) in [6.45, 7) is -0.380. The Hall–Kier alpha value is -2.46. The molecule has 2 rings (SSSR count). The van der Waals surface area contributed by atoms with E-state index in [9.17, 15) is 18.8 Å². The number of amides is 3. The van der Waals surface area contributed by atoms with Crippen LogP contribution in [-0.2, 0) is 4.79 Å². The van der Waals surface area contributed by atoms with Crippen LogP contribution in [0.4, 0.5) is 10.1 Å². The van der Waals surface area contributed by atoms with Gasteiger partial charge in [-0.3, -0.25) is 19.5 Å². The lowest BCUT2D eigenvalue weighted by Gasteiger charge is -2.08. The molecule has 0 atom stereocenters. The van der Waals surface area contributed by atoms with E-state index in [1.807, 2.05) is 0 Å². The number of aromatic amines is 1. The predicted octanol–water partition coefficient (Wildman–Crippen LogP) is 1.43. The smallest absolute Gasteiger partial charge is 0.271 e. The van der Waals surface area contributed by atoms with Gasteiger partial charge in [-0.2, -0.15) is 5.10 Å². The number of nitrogens with zero attached hydrogens (tertiary/aromatic N) is 1. The minimum atomic E-state index is -0.739. The SMILES string of the molecule is NC(=O)CNC(=O)c1[nH]ncc1NC(=O)c1cc(F)c(Br)cc1Cl. The summed E-state index contributed by atoms with van der Waals surface area (Å²) >= 11 is 8.86. The summed E-state index contributed by atoms with van der Waals surface area (Å²) in [7, 11) is 0. The van der Waals surface area contributed by atoms with Crippen molar-refractivity contribution >= 4 is 50.9 Å². The first kappa shape index (κ1) is 17.9. The summed E-state index contributed by atoms with van der Waals surface area (Å²) in [4.78, 5) is 34.8. The molecule has 24 heavy (non-hydrogen) atoms. The van der Waals surface area contributed by atoms with E-state index < -0.39 is 23.5 Å². The lowest BCUT2D eigenvalue weighted by Crippen LogP contribution is -2.34. The number of rotatable bonds is 5. The van der Waals surface area contributed by atoms with Crippen LogP contribution in [-0.4, -0.2) is 34.5 Å². The molecular weight excluding hydrogens is 409 g/mol. The van der Waals surface area contributed by atoms with Crippen molar-refractivity contribution < 1.29 is 18.8 Å². The monoisotopic (exact) mass is 417 g/mol. The molecule has 1 aromatic heterocycles. The standard InChI is InChI=1S/C13H10BrClFN5O3/c14-6-2-7(15)5(1-8(6)16)12(23)20-9-3-19-21-11(9)13(24)18-4-10(17)22/h1-3H,4H2,(H2,17,22)(H,18,24)(H,19,21)(H,20,23). The molecule has 0 spiro atoms. The fraction of sp³-hybridized carbons (Fsp3) is 0.0769. The van der Waals surface area contributed by atoms with Crippen LogP contribution >= 0.6 is 27.5 Å². The number of nitrogens with two attached hydrogens (primary N) is 1. The Morgan fingerprint density at radius 2 is 2.04 bits per heavy atom. The van der Waals surface area contributed by atoms with Gasteiger partial charge in [0.05, 0.1) is 33.5 Å². The molecule has 5 N–H and O–H groups in total. The number of carbonyl (C=O) groups excluding carboxylic acids is 3. The van der Waals surface area contributed by atoms with Crippen LogP contribution in [0.5, 0.6) is 0 Å². The Morgan fingerprint density at radius 3 is 2.71 bits per heavy atom. The van der Waals surface area contributed by atoms with Gasteiger partial charge in [-0.15, -0.1) is 0 Å². The van der Waals surface area contributed by atoms with Gasteiger partial charge in [-0.25, -0.2) is 4.39 Å². The summed E-state index contributed by atoms with van der Waals surface area (Å²) in [6.07, 6.45) is 1.18. The van der Waals surface area contributed by atoms with Crippen LogP contribution < -0.4 is 16.4 Å². The highest BCUT2D eigenvalue weighted by molar-refractivity contribution is 9.10. The van der Waals surface area contributed by atoms with Crippen molar-refractivity contribution in [2.75, 3.05) is 11.9 Å². The maximum atomic E-state index is 13.6. The minimum absolute atomic E-state index is 0.0176. The topological polar surface area (TPSA) is 130 Å². The van der Waals surface area contributed by atoms with Gasteiger partial charge >= 0.3 is 0 Å². The molecule has 2 aromatic rings. The van der Waals surface area contributed by atoms with Crippen LogP contribution in [0.15, 0.2) is 22.8 Å². The number of H-pyrrole nitrogens is 1. The number of primary amides is 1. The number of anilines is 1. The van der Waals surface area contributed by atoms with Crippen molar-refractivity contribution in [1.29, 1.82) is 0 Å². The molecule has 11 heteroatoms. The number of halogens is 3. The number of benzene rings is 1. The molecule has 0 radical (unpaired) electrons. The second-order valence-corrected chi connectivity index (χ2v) is 5.77. The molecule has 3 amide bonds. The maximum Gasteiger partial charge on any atom is 0.271 e. The van der Waals surface area contributed by atoms with Gasteiger partial charge in [0.1, 0.15) is 11.5 Å². The van der Waals surface area contributed by atoms with E-state index in [2.05, 4.69) is 36.8 Å². The van der Waals surface area contributed by atoms with E-state index in [1.54, 1.807) is 0 Å². The third-order valence-corrected chi connectivity index (χ3v) is 3.71. The second kappa shape index (κ2) is 7.41. The summed E-state index contributed by atoms with van der Waals surface area (Å²) in [5.74, 6) is -2.84. The Bertz CT molecular complexity index is 826. The zero-order chi connectivity index (χ0) is 17.9. The van der Waals surface area contributed by atoms with Gasteiger partial charge < -0.3 is 16.4 Å². The summed E-state index contributed by atoms with van der Waals surface area (Å²) in [5.41, 5.74) is 4.74. The first-order chi connectivity index (χ1) is 11.3. The van der Waals surface area contributed by atoms with Gasteiger partial charge in [0.15, 0.2) is 0 Å². The number of carbonyl (C=O) groups is 3. The lowest BCUT2D eigenvalue weighted by atomic mass is 10.2. The molecular formula is C13H10BrClFN5O3. The van der Waals surface area contributed by atoms with Crippen LogP contribution in [0.25, 0.3) is 0 Å². The molecule has 0 bridgehead atoms. The van der Waals surface area contributed by atoms with Gasteiger partial charge in [0.2, 0.25) is 5.91 Å². The average Bonchev–Trinajstić information content (AvgIpc) is 2.96. The van der Waals surface area contributed by atoms with Crippen molar-refractivity contribution in [2.24, 2.45) is 5.73 Å². The quantitative estimate of drug-likeness (QED) is 0.547. The Kier molecular flexibility index (Phi) is 5.52. The van der Waals surface area contributed by atoms with Crippen molar-refractivity contribution in [3.8, 4) is 0 Å². The van der Waals surface area contributed by atoms with E-state index in [1.165, 1.54) is 12.3 Å². The molecule has 1 heterocycles. The maximum absolute atomic E-state index is 13.6. The van der Waals surface area contributed by atoms with Gasteiger partial charge in [0, 0.05) is 0 Å². The Morgan fingerprint density at radius 1 is 1.33 bits per heavy atom. The predicted molar refractivity (Wildman–Crippen MR) is 87.2 cm³/mol. The fourth-order valence-electron chi connectivity index (χ4n) is 1.70. The molecule has 1 aromatic carbocycles. The van der Waals surface area contributed by atoms with Crippen molar-refractivity contribution in [2.45, 2.75) is 0 Å². The average molecular weight is 419 g/mol. The lowest BCUT2D eigenvalue weighted by molar-refractivity contribution is -0.117. The van der Waals surface area contributed by atoms with Crippen LogP contribution in [0, 0.1) is 5.82 Å². The van der Waals surface area contributed by atoms with Crippen LogP contribution in [0.3, 0.4) is 0 Å². The zero-order valence-corrected chi connectivity index (χ0v) is 14.2. The highest BCUT2D eigenvalue weighted by atomic mass is 79.9. The number of aromatic nitrogens is 2. The Labute approximate surface area is 148 Å². The van der Waals surface area contributed by atoms with Gasteiger partial charge in [0.25, 0.3) is 11.8 Å². The normalized spacial score (nSPS) is 10.3. The van der Waals surface area contributed by atoms with E-state index in [0.717, 1.165) is 6.07 Å². The van der Waals surface area contributed by atoms with E-state index in [4.69, 9.17) is 17.3 Å². The van der Waals surface area contributed by atoms with E-state index in [-0.39, 0.29) is 33.0 Å². The minimum Gasteiger partial charge on any atom is -0.368 e. The fourth-order valence-corrected chi connectivity index (χ4v) is 2.42. The summed E-state index contributed by atoms with van der Waals surface area (Å²) < 4.78 is 13.7. The van der Waals surface area contributed by atoms with Crippen molar-refractivity contribution in [3.05, 3.63) is 44.9 Å². The number of hydrogen-bond donors (Lipinski definition) is 4. The largest absolute Gasteiger partial charge is 0.368 e. The number of nitrogens with one attached hydrogen (secondary N) is 3. The molecule has 0 aliphatic rings. The molecule has 0 aliphatic carbocycles. The molecule has 0 unspecified atom stereocenters. The van der Waals surface area contributed by atoms with Gasteiger partial charge in [-0.05, 0) is 28.1 Å². The second-order valence-electron chi connectivity index (χ2n) is 4.51. The van der Waals surface area contributed by atoms with Crippen molar-refractivity contribution in [3.63, 3.8) is 0 Å².